The molecule has 1 aromatic rings. The van der Waals surface area contributed by atoms with Gasteiger partial charge in [0, 0.05) is 12.1 Å². The van der Waals surface area contributed by atoms with Gasteiger partial charge in [-0.25, -0.2) is 0 Å². The lowest BCUT2D eigenvalue weighted by Crippen LogP contribution is -2.56. The maximum Gasteiger partial charge on any atom is 0.227 e. The molecule has 1 amide bonds. The number of carbonyl (C=O) groups is 1. The first-order valence-corrected chi connectivity index (χ1v) is 8.28. The number of rotatable bonds is 2. The van der Waals surface area contributed by atoms with Gasteiger partial charge in [-0.1, -0.05) is 31.2 Å². The van der Waals surface area contributed by atoms with Crippen LogP contribution in [0.1, 0.15) is 50.2 Å². The highest BCUT2D eigenvalue weighted by Crippen LogP contribution is 2.32. The van der Waals surface area contributed by atoms with Gasteiger partial charge in [0.2, 0.25) is 5.91 Å². The molecule has 1 aliphatic carbocycles. The molecule has 3 rings (SSSR count). The third-order valence-corrected chi connectivity index (χ3v) is 5.21. The molecule has 1 heterocycles. The topological polar surface area (TPSA) is 41.1 Å². The molecule has 3 nitrogen and oxygen atoms in total. The number of piperidine rings is 1. The van der Waals surface area contributed by atoms with Gasteiger partial charge < -0.3 is 10.6 Å². The van der Waals surface area contributed by atoms with Crippen LogP contribution in [-0.4, -0.2) is 24.5 Å². The molecular weight excluding hydrogens is 260 g/mol. The third kappa shape index (κ3) is 2.98. The molecule has 0 saturated carbocycles. The van der Waals surface area contributed by atoms with Gasteiger partial charge in [0.25, 0.3) is 0 Å². The number of benzene rings is 1. The molecule has 0 spiro atoms. The van der Waals surface area contributed by atoms with Crippen molar-refractivity contribution in [2.75, 3.05) is 6.54 Å². The van der Waals surface area contributed by atoms with E-state index in [0.717, 1.165) is 32.2 Å². The van der Waals surface area contributed by atoms with Crippen LogP contribution in [0.5, 0.6) is 0 Å². The van der Waals surface area contributed by atoms with E-state index < -0.39 is 0 Å². The van der Waals surface area contributed by atoms with Gasteiger partial charge >= 0.3 is 0 Å². The fourth-order valence-electron chi connectivity index (χ4n) is 3.90. The molecule has 21 heavy (non-hydrogen) atoms. The standard InChI is InChI=1S/C18H26N2O/c1-12-10-11-19-13(2)17(12)20-18(21)16-9-5-7-14-6-3-4-8-15(14)16/h3-4,6,8,12-13,16-17,19H,5,7,9-11H2,1-2H3,(H,20,21). The molecule has 1 saturated heterocycles. The van der Waals surface area contributed by atoms with Crippen LogP contribution < -0.4 is 10.6 Å². The molecule has 2 N–H and O–H groups in total. The third-order valence-electron chi connectivity index (χ3n) is 5.21. The zero-order valence-corrected chi connectivity index (χ0v) is 13.1. The maximum absolute atomic E-state index is 12.8. The van der Waals surface area contributed by atoms with E-state index in [1.165, 1.54) is 11.1 Å². The first-order valence-electron chi connectivity index (χ1n) is 8.28. The van der Waals surface area contributed by atoms with E-state index in [2.05, 4.69) is 48.7 Å². The van der Waals surface area contributed by atoms with Gasteiger partial charge in [-0.3, -0.25) is 4.79 Å². The second kappa shape index (κ2) is 6.18. The summed E-state index contributed by atoms with van der Waals surface area (Å²) in [6.07, 6.45) is 4.34. The van der Waals surface area contributed by atoms with Crippen molar-refractivity contribution in [2.45, 2.75) is 57.5 Å². The Morgan fingerprint density at radius 1 is 1.24 bits per heavy atom. The molecule has 1 fully saturated rings. The summed E-state index contributed by atoms with van der Waals surface area (Å²) < 4.78 is 0. The zero-order chi connectivity index (χ0) is 14.8. The Morgan fingerprint density at radius 2 is 2.05 bits per heavy atom. The van der Waals surface area contributed by atoms with E-state index >= 15 is 0 Å². The monoisotopic (exact) mass is 286 g/mol. The van der Waals surface area contributed by atoms with E-state index in [-0.39, 0.29) is 17.9 Å². The number of hydrogen-bond acceptors (Lipinski definition) is 2. The van der Waals surface area contributed by atoms with Crippen molar-refractivity contribution < 1.29 is 4.79 Å². The molecule has 114 valence electrons. The van der Waals surface area contributed by atoms with E-state index in [9.17, 15) is 4.79 Å². The molecule has 3 heteroatoms. The Balaban J connectivity index is 1.74. The summed E-state index contributed by atoms with van der Waals surface area (Å²) in [4.78, 5) is 12.8. The van der Waals surface area contributed by atoms with Gasteiger partial charge in [-0.2, -0.15) is 0 Å². The lowest BCUT2D eigenvalue weighted by molar-refractivity contribution is -0.124. The molecule has 2 aliphatic rings. The quantitative estimate of drug-likeness (QED) is 0.877. The number of aryl methyl sites for hydroxylation is 1. The SMILES string of the molecule is CC1CCNC(C)C1NC(=O)C1CCCc2ccccc21. The molecule has 4 unspecified atom stereocenters. The van der Waals surface area contributed by atoms with Crippen molar-refractivity contribution in [3.05, 3.63) is 35.4 Å². The van der Waals surface area contributed by atoms with Crippen LogP contribution in [0.2, 0.25) is 0 Å². The lowest BCUT2D eigenvalue weighted by atomic mass is 9.81. The van der Waals surface area contributed by atoms with Crippen LogP contribution in [0, 0.1) is 5.92 Å². The first-order chi connectivity index (χ1) is 10.2. The Bertz CT molecular complexity index is 504. The normalized spacial score (nSPS) is 32.3. The summed E-state index contributed by atoms with van der Waals surface area (Å²) >= 11 is 0. The summed E-state index contributed by atoms with van der Waals surface area (Å²) in [5.41, 5.74) is 2.59. The van der Waals surface area contributed by atoms with Crippen molar-refractivity contribution >= 4 is 5.91 Å². The Kier molecular flexibility index (Phi) is 4.29. The van der Waals surface area contributed by atoms with E-state index in [0.29, 0.717) is 12.0 Å². The Hall–Kier alpha value is -1.35. The van der Waals surface area contributed by atoms with Crippen LogP contribution in [-0.2, 0) is 11.2 Å². The maximum atomic E-state index is 12.8. The molecule has 4 atom stereocenters. The largest absolute Gasteiger partial charge is 0.351 e. The molecule has 0 aromatic heterocycles. The molecule has 0 bridgehead atoms. The minimum absolute atomic E-state index is 0.0382. The van der Waals surface area contributed by atoms with Gasteiger partial charge in [0.05, 0.1) is 5.92 Å². The Labute approximate surface area is 127 Å². The van der Waals surface area contributed by atoms with Gasteiger partial charge in [0.15, 0.2) is 0 Å². The molecular formula is C18H26N2O. The Morgan fingerprint density at radius 3 is 2.86 bits per heavy atom. The van der Waals surface area contributed by atoms with Crippen LogP contribution in [0.3, 0.4) is 0 Å². The van der Waals surface area contributed by atoms with Gasteiger partial charge in [0.1, 0.15) is 0 Å². The number of amides is 1. The fraction of sp³-hybridized carbons (Fsp3) is 0.611. The van der Waals surface area contributed by atoms with Crippen LogP contribution in [0.15, 0.2) is 24.3 Å². The fourth-order valence-corrected chi connectivity index (χ4v) is 3.90. The molecule has 1 aliphatic heterocycles. The highest BCUT2D eigenvalue weighted by molar-refractivity contribution is 5.84. The zero-order valence-electron chi connectivity index (χ0n) is 13.1. The van der Waals surface area contributed by atoms with Gasteiger partial charge in [-0.05, 0) is 56.2 Å². The van der Waals surface area contributed by atoms with Crippen molar-refractivity contribution in [1.82, 2.24) is 10.6 Å². The van der Waals surface area contributed by atoms with Crippen molar-refractivity contribution in [3.63, 3.8) is 0 Å². The van der Waals surface area contributed by atoms with Crippen molar-refractivity contribution in [1.29, 1.82) is 0 Å². The van der Waals surface area contributed by atoms with Crippen molar-refractivity contribution in [2.24, 2.45) is 5.92 Å². The average Bonchev–Trinajstić information content (AvgIpc) is 2.50. The van der Waals surface area contributed by atoms with Crippen LogP contribution >= 0.6 is 0 Å². The van der Waals surface area contributed by atoms with Crippen LogP contribution in [0.4, 0.5) is 0 Å². The van der Waals surface area contributed by atoms with Gasteiger partial charge in [-0.15, -0.1) is 0 Å². The first kappa shape index (κ1) is 14.6. The summed E-state index contributed by atoms with van der Waals surface area (Å²) in [5.74, 6) is 0.801. The summed E-state index contributed by atoms with van der Waals surface area (Å²) in [6.45, 7) is 5.48. The average molecular weight is 286 g/mol. The smallest absolute Gasteiger partial charge is 0.227 e. The number of fused-ring (bicyclic) bond motifs is 1. The van der Waals surface area contributed by atoms with Crippen LogP contribution in [0.25, 0.3) is 0 Å². The number of nitrogens with one attached hydrogen (secondary N) is 2. The minimum atomic E-state index is 0.0382. The minimum Gasteiger partial charge on any atom is -0.351 e. The molecule has 1 aromatic carbocycles. The summed E-state index contributed by atoms with van der Waals surface area (Å²) in [6, 6.07) is 9.04. The number of carbonyl (C=O) groups excluding carboxylic acids is 1. The second-order valence-electron chi connectivity index (χ2n) is 6.69. The predicted molar refractivity (Wildman–Crippen MR) is 85.3 cm³/mol. The highest BCUT2D eigenvalue weighted by Gasteiger charge is 2.32. The number of hydrogen-bond donors (Lipinski definition) is 2. The van der Waals surface area contributed by atoms with Crippen molar-refractivity contribution in [3.8, 4) is 0 Å². The summed E-state index contributed by atoms with van der Waals surface area (Å²) in [7, 11) is 0. The van der Waals surface area contributed by atoms with E-state index in [1.807, 2.05) is 0 Å². The lowest BCUT2D eigenvalue weighted by Gasteiger charge is -2.37. The predicted octanol–water partition coefficient (Wildman–Crippen LogP) is 2.61. The highest BCUT2D eigenvalue weighted by atomic mass is 16.2. The molecule has 0 radical (unpaired) electrons. The summed E-state index contributed by atoms with van der Waals surface area (Å²) in [5, 5.41) is 6.80. The van der Waals surface area contributed by atoms with E-state index in [1.54, 1.807) is 0 Å². The van der Waals surface area contributed by atoms with E-state index in [4.69, 9.17) is 0 Å². The second-order valence-corrected chi connectivity index (χ2v) is 6.69.